The topological polar surface area (TPSA) is 106 Å². The maximum Gasteiger partial charge on any atom is 0.198 e. The van der Waals surface area contributed by atoms with Crippen molar-refractivity contribution in [3.8, 4) is 5.75 Å². The number of phenols is 1. The van der Waals surface area contributed by atoms with E-state index in [0.29, 0.717) is 5.69 Å². The van der Waals surface area contributed by atoms with Crippen molar-refractivity contribution in [2.45, 2.75) is 0 Å². The van der Waals surface area contributed by atoms with Crippen LogP contribution in [-0.4, -0.2) is 16.7 Å². The van der Waals surface area contributed by atoms with Crippen molar-refractivity contribution in [1.29, 1.82) is 0 Å². The number of aromatic hydroxyl groups is 1. The van der Waals surface area contributed by atoms with Crippen LogP contribution in [0.5, 0.6) is 5.75 Å². The summed E-state index contributed by atoms with van der Waals surface area (Å²) in [7, 11) is 0. The lowest BCUT2D eigenvalue weighted by atomic mass is 9.83. The van der Waals surface area contributed by atoms with Crippen LogP contribution in [0.25, 0.3) is 0 Å². The smallest absolute Gasteiger partial charge is 0.198 e. The summed E-state index contributed by atoms with van der Waals surface area (Å²) in [6.07, 6.45) is 0. The van der Waals surface area contributed by atoms with Crippen molar-refractivity contribution >= 4 is 22.9 Å². The van der Waals surface area contributed by atoms with E-state index in [1.54, 1.807) is 6.07 Å². The zero-order valence-corrected chi connectivity index (χ0v) is 9.81. The Hall–Kier alpha value is -2.82. The lowest BCUT2D eigenvalue weighted by Crippen LogP contribution is -2.21. The van der Waals surface area contributed by atoms with Gasteiger partial charge in [0.05, 0.1) is 5.56 Å². The van der Waals surface area contributed by atoms with Crippen molar-refractivity contribution in [3.63, 3.8) is 0 Å². The van der Waals surface area contributed by atoms with Crippen LogP contribution in [0.2, 0.25) is 0 Å². The number of nitrogen functional groups attached to an aromatic ring is 2. The Bertz CT molecular complexity index is 751. The van der Waals surface area contributed by atoms with E-state index in [1.807, 2.05) is 0 Å². The second-order valence-corrected chi connectivity index (χ2v) is 4.43. The normalized spacial score (nSPS) is 13.1. The van der Waals surface area contributed by atoms with E-state index in [1.165, 1.54) is 24.3 Å². The van der Waals surface area contributed by atoms with Gasteiger partial charge >= 0.3 is 0 Å². The molecular formula is C14H10N2O3. The number of nitrogens with two attached hydrogens (primary N) is 2. The molecule has 3 rings (SSSR count). The molecule has 0 aliphatic heterocycles. The number of phenolic OH excluding ortho intramolecular Hbond substituents is 1. The first-order chi connectivity index (χ1) is 8.99. The van der Waals surface area contributed by atoms with E-state index >= 15 is 0 Å². The average molecular weight is 254 g/mol. The van der Waals surface area contributed by atoms with Crippen LogP contribution in [0, 0.1) is 0 Å². The molecule has 0 aromatic heterocycles. The molecule has 0 heterocycles. The molecule has 2 aromatic rings. The lowest BCUT2D eigenvalue weighted by Gasteiger charge is -2.19. The summed E-state index contributed by atoms with van der Waals surface area (Å²) in [5.41, 5.74) is 12.4. The van der Waals surface area contributed by atoms with E-state index in [4.69, 9.17) is 11.5 Å². The maximum atomic E-state index is 12.3. The SMILES string of the molecule is Nc1ccc2c(c1)C(=O)c1c(O)cc(N)cc1C2=O. The quantitative estimate of drug-likeness (QED) is 0.525. The Morgan fingerprint density at radius 1 is 0.789 bits per heavy atom. The molecule has 1 aliphatic rings. The molecule has 0 unspecified atom stereocenters. The number of carbonyl (C=O) groups excluding carboxylic acids is 2. The highest BCUT2D eigenvalue weighted by Crippen LogP contribution is 2.35. The minimum Gasteiger partial charge on any atom is -0.507 e. The summed E-state index contributed by atoms with van der Waals surface area (Å²) in [4.78, 5) is 24.6. The summed E-state index contributed by atoms with van der Waals surface area (Å²) < 4.78 is 0. The Labute approximate surface area is 108 Å². The first-order valence-corrected chi connectivity index (χ1v) is 5.60. The molecular weight excluding hydrogens is 244 g/mol. The standard InChI is InChI=1S/C14H10N2O3/c15-6-1-2-8-9(3-6)14(19)12-10(13(8)18)4-7(16)5-11(12)17/h1-5,17H,15-16H2. The Morgan fingerprint density at radius 2 is 1.47 bits per heavy atom. The van der Waals surface area contributed by atoms with Gasteiger partial charge in [-0.05, 0) is 24.3 Å². The summed E-state index contributed by atoms with van der Waals surface area (Å²) in [6.45, 7) is 0. The van der Waals surface area contributed by atoms with E-state index in [9.17, 15) is 14.7 Å². The fourth-order valence-electron chi connectivity index (χ4n) is 2.29. The predicted molar refractivity (Wildman–Crippen MR) is 70.2 cm³/mol. The summed E-state index contributed by atoms with van der Waals surface area (Å²) in [5.74, 6) is -1.05. The van der Waals surface area contributed by atoms with Gasteiger partial charge in [0.1, 0.15) is 5.75 Å². The highest BCUT2D eigenvalue weighted by Gasteiger charge is 2.32. The number of benzene rings is 2. The largest absolute Gasteiger partial charge is 0.507 e. The van der Waals surface area contributed by atoms with Crippen molar-refractivity contribution in [2.24, 2.45) is 0 Å². The average Bonchev–Trinajstić information content (AvgIpc) is 2.35. The molecule has 0 atom stereocenters. The van der Waals surface area contributed by atoms with Gasteiger partial charge in [-0.15, -0.1) is 0 Å². The van der Waals surface area contributed by atoms with E-state index in [0.717, 1.165) is 0 Å². The minimum absolute atomic E-state index is 0.0164. The van der Waals surface area contributed by atoms with E-state index in [-0.39, 0.29) is 39.5 Å². The fraction of sp³-hybridized carbons (Fsp3) is 0. The molecule has 0 bridgehead atoms. The van der Waals surface area contributed by atoms with Gasteiger partial charge < -0.3 is 16.6 Å². The van der Waals surface area contributed by atoms with Gasteiger partial charge in [0.2, 0.25) is 0 Å². The van der Waals surface area contributed by atoms with Crippen LogP contribution in [0.15, 0.2) is 30.3 Å². The molecule has 2 aromatic carbocycles. The number of carbonyl (C=O) groups is 2. The predicted octanol–water partition coefficient (Wildman–Crippen LogP) is 1.33. The van der Waals surface area contributed by atoms with Crippen molar-refractivity contribution < 1.29 is 14.7 Å². The first-order valence-electron chi connectivity index (χ1n) is 5.60. The second-order valence-electron chi connectivity index (χ2n) is 4.43. The Morgan fingerprint density at radius 3 is 2.21 bits per heavy atom. The van der Waals surface area contributed by atoms with Crippen LogP contribution in [-0.2, 0) is 0 Å². The van der Waals surface area contributed by atoms with Crippen LogP contribution in [0.1, 0.15) is 31.8 Å². The second kappa shape index (κ2) is 3.58. The zero-order chi connectivity index (χ0) is 13.7. The van der Waals surface area contributed by atoms with Gasteiger partial charge in [0.25, 0.3) is 0 Å². The third-order valence-electron chi connectivity index (χ3n) is 3.14. The summed E-state index contributed by atoms with van der Waals surface area (Å²) >= 11 is 0. The van der Waals surface area contributed by atoms with Gasteiger partial charge in [-0.3, -0.25) is 9.59 Å². The molecule has 5 N–H and O–H groups in total. The van der Waals surface area contributed by atoms with E-state index in [2.05, 4.69) is 0 Å². The van der Waals surface area contributed by atoms with Crippen LogP contribution in [0.3, 0.4) is 0 Å². The molecule has 1 aliphatic carbocycles. The zero-order valence-electron chi connectivity index (χ0n) is 9.81. The molecule has 19 heavy (non-hydrogen) atoms. The van der Waals surface area contributed by atoms with Crippen LogP contribution in [0.4, 0.5) is 11.4 Å². The number of hydrogen-bond acceptors (Lipinski definition) is 5. The minimum atomic E-state index is -0.422. The number of rotatable bonds is 0. The lowest BCUT2D eigenvalue weighted by molar-refractivity contribution is 0.0977. The molecule has 5 nitrogen and oxygen atoms in total. The third-order valence-corrected chi connectivity index (χ3v) is 3.14. The Balaban J connectivity index is 2.36. The highest BCUT2D eigenvalue weighted by molar-refractivity contribution is 6.29. The van der Waals surface area contributed by atoms with Gasteiger partial charge in [0, 0.05) is 34.1 Å². The van der Waals surface area contributed by atoms with Crippen molar-refractivity contribution in [2.75, 3.05) is 11.5 Å². The number of fused-ring (bicyclic) bond motifs is 2. The molecule has 0 amide bonds. The molecule has 0 radical (unpaired) electrons. The van der Waals surface area contributed by atoms with Crippen molar-refractivity contribution in [1.82, 2.24) is 0 Å². The van der Waals surface area contributed by atoms with Gasteiger partial charge in [-0.25, -0.2) is 0 Å². The van der Waals surface area contributed by atoms with Gasteiger partial charge in [0.15, 0.2) is 11.6 Å². The van der Waals surface area contributed by atoms with Crippen LogP contribution >= 0.6 is 0 Å². The molecule has 0 saturated heterocycles. The monoisotopic (exact) mass is 254 g/mol. The van der Waals surface area contributed by atoms with Gasteiger partial charge in [-0.2, -0.15) is 0 Å². The van der Waals surface area contributed by atoms with Gasteiger partial charge in [-0.1, -0.05) is 0 Å². The van der Waals surface area contributed by atoms with Crippen molar-refractivity contribution in [3.05, 3.63) is 52.6 Å². The van der Waals surface area contributed by atoms with Crippen LogP contribution < -0.4 is 11.5 Å². The molecule has 0 spiro atoms. The molecule has 0 fully saturated rings. The summed E-state index contributed by atoms with van der Waals surface area (Å²) in [6, 6.07) is 7.15. The maximum absolute atomic E-state index is 12.3. The fourth-order valence-corrected chi connectivity index (χ4v) is 2.29. The molecule has 0 saturated carbocycles. The first kappa shape index (κ1) is 11.3. The highest BCUT2D eigenvalue weighted by atomic mass is 16.3. The summed E-state index contributed by atoms with van der Waals surface area (Å²) in [5, 5.41) is 9.84. The molecule has 5 heteroatoms. The molecule has 94 valence electrons. The number of hydrogen-bond donors (Lipinski definition) is 3. The third kappa shape index (κ3) is 1.48. The number of ketones is 2. The number of anilines is 2. The van der Waals surface area contributed by atoms with E-state index < -0.39 is 5.78 Å². The Kier molecular flexibility index (Phi) is 2.13.